The van der Waals surface area contributed by atoms with Crippen LogP contribution in [0.1, 0.15) is 32.4 Å². The highest BCUT2D eigenvalue weighted by Gasteiger charge is 2.37. The minimum absolute atomic E-state index is 0.0854. The first-order valence-corrected chi connectivity index (χ1v) is 9.63. The largest absolute Gasteiger partial charge is 0.497 e. The molecular formula is C22H23N3O6. The molecule has 1 atom stereocenters. The van der Waals surface area contributed by atoms with Crippen LogP contribution in [0, 0.1) is 10.1 Å². The molecule has 0 aliphatic carbocycles. The summed E-state index contributed by atoms with van der Waals surface area (Å²) in [5, 5.41) is 13.8. The highest BCUT2D eigenvalue weighted by atomic mass is 16.6. The third kappa shape index (κ3) is 4.50. The summed E-state index contributed by atoms with van der Waals surface area (Å²) in [5.41, 5.74) is 1.65. The van der Waals surface area contributed by atoms with Crippen molar-refractivity contribution in [2.24, 2.45) is 0 Å². The molecule has 9 heteroatoms. The minimum atomic E-state index is -0.811. The van der Waals surface area contributed by atoms with Crippen molar-refractivity contribution < 1.29 is 24.0 Å². The lowest BCUT2D eigenvalue weighted by Gasteiger charge is -2.35. The molecule has 1 N–H and O–H groups in total. The second-order valence-corrected chi connectivity index (χ2v) is 7.22. The number of nitro benzene ring substituents is 1. The Morgan fingerprint density at radius 1 is 1.13 bits per heavy atom. The van der Waals surface area contributed by atoms with Crippen LogP contribution in [0.4, 0.5) is 16.2 Å². The number of anilines is 1. The number of allylic oxidation sites excluding steroid dienone is 1. The van der Waals surface area contributed by atoms with Gasteiger partial charge in [-0.25, -0.2) is 9.59 Å². The van der Waals surface area contributed by atoms with Gasteiger partial charge in [-0.15, -0.1) is 0 Å². The maximum absolute atomic E-state index is 13.0. The standard InChI is InChI=1S/C22H23N3O6/c1-13(2)31-21(26)19-14(3)24(16-9-11-18(30-4)12-10-16)22(27)23-20(19)15-5-7-17(8-6-15)25(28)29/h5-13,20H,1-4H3,(H,23,27). The summed E-state index contributed by atoms with van der Waals surface area (Å²) in [7, 11) is 1.54. The highest BCUT2D eigenvalue weighted by Crippen LogP contribution is 2.35. The number of nitro groups is 1. The number of amides is 2. The second-order valence-electron chi connectivity index (χ2n) is 7.22. The number of carbonyl (C=O) groups excluding carboxylic acids is 2. The lowest BCUT2D eigenvalue weighted by atomic mass is 9.94. The number of urea groups is 1. The van der Waals surface area contributed by atoms with E-state index < -0.39 is 23.0 Å². The van der Waals surface area contributed by atoms with E-state index in [1.54, 1.807) is 52.1 Å². The molecule has 2 aromatic carbocycles. The molecule has 9 nitrogen and oxygen atoms in total. The normalized spacial score (nSPS) is 16.2. The Kier molecular flexibility index (Phi) is 6.24. The molecular weight excluding hydrogens is 402 g/mol. The van der Waals surface area contributed by atoms with Crippen LogP contribution in [0.25, 0.3) is 0 Å². The second kappa shape index (κ2) is 8.86. The molecule has 0 spiro atoms. The van der Waals surface area contributed by atoms with E-state index in [9.17, 15) is 19.7 Å². The molecule has 0 saturated heterocycles. The summed E-state index contributed by atoms with van der Waals surface area (Å²) >= 11 is 0. The molecule has 0 saturated carbocycles. The number of carbonyl (C=O) groups is 2. The number of rotatable bonds is 6. The fraction of sp³-hybridized carbons (Fsp3) is 0.273. The van der Waals surface area contributed by atoms with E-state index in [1.807, 2.05) is 0 Å². The van der Waals surface area contributed by atoms with Crippen molar-refractivity contribution in [3.63, 3.8) is 0 Å². The van der Waals surface area contributed by atoms with E-state index in [4.69, 9.17) is 9.47 Å². The maximum atomic E-state index is 13.0. The molecule has 2 aromatic rings. The SMILES string of the molecule is COc1ccc(N2C(=O)NC(c3ccc([N+](=O)[O-])cc3)C(C(=O)OC(C)C)=C2C)cc1. The Morgan fingerprint density at radius 2 is 1.74 bits per heavy atom. The van der Waals surface area contributed by atoms with E-state index in [2.05, 4.69) is 5.32 Å². The Bertz CT molecular complexity index is 1030. The lowest BCUT2D eigenvalue weighted by molar-refractivity contribution is -0.384. The van der Waals surface area contributed by atoms with Crippen molar-refractivity contribution >= 4 is 23.4 Å². The van der Waals surface area contributed by atoms with Crippen LogP contribution < -0.4 is 15.0 Å². The zero-order valence-corrected chi connectivity index (χ0v) is 17.6. The van der Waals surface area contributed by atoms with Gasteiger partial charge in [-0.2, -0.15) is 0 Å². The van der Waals surface area contributed by atoms with Crippen LogP contribution in [0.2, 0.25) is 0 Å². The van der Waals surface area contributed by atoms with Gasteiger partial charge in [-0.1, -0.05) is 0 Å². The van der Waals surface area contributed by atoms with E-state index >= 15 is 0 Å². The molecule has 1 aliphatic heterocycles. The summed E-state index contributed by atoms with van der Waals surface area (Å²) in [6.07, 6.45) is -0.364. The van der Waals surface area contributed by atoms with Crippen LogP contribution >= 0.6 is 0 Å². The molecule has 31 heavy (non-hydrogen) atoms. The Hall–Kier alpha value is -3.88. The Morgan fingerprint density at radius 3 is 2.26 bits per heavy atom. The summed E-state index contributed by atoms with van der Waals surface area (Å²) < 4.78 is 10.6. The molecule has 0 aromatic heterocycles. The first-order chi connectivity index (χ1) is 14.7. The van der Waals surface area contributed by atoms with Crippen LogP contribution in [-0.2, 0) is 9.53 Å². The summed E-state index contributed by atoms with van der Waals surface area (Å²) in [6, 6.07) is 11.3. The number of hydrogen-bond donors (Lipinski definition) is 1. The summed E-state index contributed by atoms with van der Waals surface area (Å²) in [5.74, 6) is 0.0559. The Balaban J connectivity index is 2.09. The van der Waals surface area contributed by atoms with E-state index in [-0.39, 0.29) is 17.4 Å². The van der Waals surface area contributed by atoms with Crippen molar-refractivity contribution in [2.75, 3.05) is 12.0 Å². The molecule has 162 valence electrons. The third-order valence-electron chi connectivity index (χ3n) is 4.82. The predicted molar refractivity (Wildman–Crippen MR) is 114 cm³/mol. The van der Waals surface area contributed by atoms with Gasteiger partial charge in [-0.3, -0.25) is 15.0 Å². The number of hydrogen-bond acceptors (Lipinski definition) is 6. The van der Waals surface area contributed by atoms with Crippen molar-refractivity contribution in [1.82, 2.24) is 5.32 Å². The fourth-order valence-corrected chi connectivity index (χ4v) is 3.37. The van der Waals surface area contributed by atoms with Gasteiger partial charge >= 0.3 is 12.0 Å². The van der Waals surface area contributed by atoms with Crippen molar-refractivity contribution in [3.05, 3.63) is 75.5 Å². The number of methoxy groups -OCH3 is 1. The number of nitrogens with one attached hydrogen (secondary N) is 1. The number of ether oxygens (including phenoxy) is 2. The first kappa shape index (κ1) is 21.8. The van der Waals surface area contributed by atoms with Crippen LogP contribution in [0.3, 0.4) is 0 Å². The zero-order valence-electron chi connectivity index (χ0n) is 17.6. The number of nitrogens with zero attached hydrogens (tertiary/aromatic N) is 2. The predicted octanol–water partition coefficient (Wildman–Crippen LogP) is 4.10. The third-order valence-corrected chi connectivity index (χ3v) is 4.82. The van der Waals surface area contributed by atoms with E-state index in [0.717, 1.165) is 0 Å². The fourth-order valence-electron chi connectivity index (χ4n) is 3.37. The van der Waals surface area contributed by atoms with Gasteiger partial charge < -0.3 is 14.8 Å². The van der Waals surface area contributed by atoms with Gasteiger partial charge in [0, 0.05) is 17.8 Å². The van der Waals surface area contributed by atoms with Gasteiger partial charge in [0.2, 0.25) is 0 Å². The molecule has 0 bridgehead atoms. The minimum Gasteiger partial charge on any atom is -0.497 e. The van der Waals surface area contributed by atoms with E-state index in [1.165, 1.54) is 29.2 Å². The topological polar surface area (TPSA) is 111 Å². The average molecular weight is 425 g/mol. The maximum Gasteiger partial charge on any atom is 0.338 e. The molecule has 0 radical (unpaired) electrons. The average Bonchev–Trinajstić information content (AvgIpc) is 2.73. The molecule has 1 unspecified atom stereocenters. The molecule has 1 aliphatic rings. The molecule has 1 heterocycles. The molecule has 3 rings (SSSR count). The smallest absolute Gasteiger partial charge is 0.338 e. The van der Waals surface area contributed by atoms with Crippen LogP contribution in [0.15, 0.2) is 59.8 Å². The van der Waals surface area contributed by atoms with Gasteiger partial charge in [-0.05, 0) is 62.7 Å². The summed E-state index contributed by atoms with van der Waals surface area (Å²) in [6.45, 7) is 5.13. The molecule has 2 amide bonds. The number of benzene rings is 2. The molecule has 0 fully saturated rings. The van der Waals surface area contributed by atoms with Gasteiger partial charge in [0.15, 0.2) is 0 Å². The van der Waals surface area contributed by atoms with Gasteiger partial charge in [0.05, 0.1) is 35.4 Å². The van der Waals surface area contributed by atoms with Crippen molar-refractivity contribution in [2.45, 2.75) is 32.9 Å². The van der Waals surface area contributed by atoms with Crippen molar-refractivity contribution in [3.8, 4) is 5.75 Å². The zero-order chi connectivity index (χ0) is 22.7. The van der Waals surface area contributed by atoms with Gasteiger partial charge in [0.25, 0.3) is 5.69 Å². The van der Waals surface area contributed by atoms with Crippen LogP contribution in [0.5, 0.6) is 5.75 Å². The number of esters is 1. The number of non-ortho nitro benzene ring substituents is 1. The van der Waals surface area contributed by atoms with E-state index in [0.29, 0.717) is 22.7 Å². The summed E-state index contributed by atoms with van der Waals surface area (Å²) in [4.78, 5) is 37.8. The van der Waals surface area contributed by atoms with Gasteiger partial charge in [0.1, 0.15) is 5.75 Å². The van der Waals surface area contributed by atoms with Crippen LogP contribution in [-0.4, -0.2) is 30.1 Å². The lowest BCUT2D eigenvalue weighted by Crippen LogP contribution is -2.48. The monoisotopic (exact) mass is 425 g/mol. The Labute approximate surface area is 179 Å². The van der Waals surface area contributed by atoms with Crippen molar-refractivity contribution in [1.29, 1.82) is 0 Å². The first-order valence-electron chi connectivity index (χ1n) is 9.63. The quantitative estimate of drug-likeness (QED) is 0.424. The highest BCUT2D eigenvalue weighted by molar-refractivity contribution is 6.03.